The first-order chi connectivity index (χ1) is 13.7. The number of nitrogens with one attached hydrogen (secondary N) is 2. The predicted molar refractivity (Wildman–Crippen MR) is 110 cm³/mol. The van der Waals surface area contributed by atoms with Crippen molar-refractivity contribution in [2.45, 2.75) is 31.8 Å². The normalized spacial score (nSPS) is 12.7. The fraction of sp³-hybridized carbons (Fsp3) is 0.250. The first-order valence-electron chi connectivity index (χ1n) is 8.64. The molecule has 2 rings (SSSR count). The van der Waals surface area contributed by atoms with Crippen LogP contribution in [-0.2, 0) is 27.2 Å². The Morgan fingerprint density at radius 3 is 2.45 bits per heavy atom. The minimum absolute atomic E-state index is 0.0103. The summed E-state index contributed by atoms with van der Waals surface area (Å²) in [6, 6.07) is 8.25. The number of carbonyl (C=O) groups is 3. The van der Waals surface area contributed by atoms with Crippen LogP contribution >= 0.6 is 27.5 Å². The molecule has 0 saturated heterocycles. The molecule has 0 radical (unpaired) electrons. The molecule has 0 heterocycles. The van der Waals surface area contributed by atoms with Crippen molar-refractivity contribution < 1.29 is 23.9 Å². The number of hydrogen-bond acceptors (Lipinski definition) is 3. The van der Waals surface area contributed by atoms with Gasteiger partial charge >= 0.3 is 5.97 Å². The zero-order valence-electron chi connectivity index (χ0n) is 15.4. The van der Waals surface area contributed by atoms with Crippen LogP contribution in [0.1, 0.15) is 18.1 Å². The number of hydrogen-bond donors (Lipinski definition) is 3. The number of halogens is 3. The van der Waals surface area contributed by atoms with Gasteiger partial charge in [0.05, 0.1) is 0 Å². The maximum absolute atomic E-state index is 13.4. The molecule has 0 aliphatic rings. The molecule has 0 spiro atoms. The van der Waals surface area contributed by atoms with E-state index < -0.39 is 35.7 Å². The minimum atomic E-state index is -1.25. The van der Waals surface area contributed by atoms with Gasteiger partial charge in [-0.3, -0.25) is 9.59 Å². The fourth-order valence-electron chi connectivity index (χ4n) is 2.75. The van der Waals surface area contributed by atoms with Gasteiger partial charge in [-0.1, -0.05) is 39.7 Å². The standard InChI is InChI=1S/C20H19BrClFN2O4/c1-11(26)24-17(8-12-3-2-4-15(23)7-12)19(27)25-18(20(28)29)10-13-9-14(22)5-6-16(13)21/h2-7,9,17-18H,8,10H2,1H3,(H,24,26)(H,25,27)(H,28,29)/t17-,18-/m1/s1. The quantitative estimate of drug-likeness (QED) is 0.535. The van der Waals surface area contributed by atoms with Crippen molar-refractivity contribution in [3.05, 3.63) is 68.9 Å². The SMILES string of the molecule is CC(=O)N[C@H](Cc1cccc(F)c1)C(=O)N[C@H](Cc1cc(Cl)ccc1Br)C(=O)O. The summed E-state index contributed by atoms with van der Waals surface area (Å²) in [6.07, 6.45) is -0.00859. The number of aliphatic carboxylic acids is 1. The molecule has 0 saturated carbocycles. The monoisotopic (exact) mass is 484 g/mol. The first kappa shape index (κ1) is 22.8. The molecule has 2 atom stereocenters. The molecule has 0 unspecified atom stereocenters. The Morgan fingerprint density at radius 1 is 1.10 bits per heavy atom. The molecule has 154 valence electrons. The van der Waals surface area contributed by atoms with Gasteiger partial charge in [0.15, 0.2) is 0 Å². The fourth-order valence-corrected chi connectivity index (χ4v) is 3.35. The van der Waals surface area contributed by atoms with Gasteiger partial charge < -0.3 is 15.7 Å². The lowest BCUT2D eigenvalue weighted by Crippen LogP contribution is -2.52. The van der Waals surface area contributed by atoms with E-state index in [9.17, 15) is 23.9 Å². The van der Waals surface area contributed by atoms with Crippen molar-refractivity contribution in [3.63, 3.8) is 0 Å². The van der Waals surface area contributed by atoms with E-state index in [4.69, 9.17) is 11.6 Å². The van der Waals surface area contributed by atoms with Gasteiger partial charge in [0, 0.05) is 29.3 Å². The Balaban J connectivity index is 2.18. The van der Waals surface area contributed by atoms with Crippen LogP contribution in [0.15, 0.2) is 46.9 Å². The topological polar surface area (TPSA) is 95.5 Å². The van der Waals surface area contributed by atoms with Gasteiger partial charge in [0.25, 0.3) is 0 Å². The Labute approximate surface area is 180 Å². The number of carboxylic acid groups (broad SMARTS) is 1. The lowest BCUT2D eigenvalue weighted by atomic mass is 10.0. The third-order valence-corrected chi connectivity index (χ3v) is 5.08. The van der Waals surface area contributed by atoms with Crippen LogP contribution < -0.4 is 10.6 Å². The third kappa shape index (κ3) is 7.14. The second-order valence-corrected chi connectivity index (χ2v) is 7.72. The van der Waals surface area contributed by atoms with E-state index >= 15 is 0 Å². The second kappa shape index (κ2) is 10.4. The highest BCUT2D eigenvalue weighted by Crippen LogP contribution is 2.22. The Bertz CT molecular complexity index is 925. The van der Waals surface area contributed by atoms with E-state index in [1.54, 1.807) is 24.3 Å². The van der Waals surface area contributed by atoms with Crippen molar-refractivity contribution >= 4 is 45.3 Å². The third-order valence-electron chi connectivity index (χ3n) is 4.07. The molecule has 9 heteroatoms. The molecule has 0 fully saturated rings. The summed E-state index contributed by atoms with van der Waals surface area (Å²) < 4.78 is 14.1. The zero-order valence-corrected chi connectivity index (χ0v) is 17.8. The summed E-state index contributed by atoms with van der Waals surface area (Å²) in [5, 5.41) is 14.9. The highest BCUT2D eigenvalue weighted by molar-refractivity contribution is 9.10. The van der Waals surface area contributed by atoms with Crippen LogP contribution in [0.4, 0.5) is 4.39 Å². The van der Waals surface area contributed by atoms with Gasteiger partial charge in [-0.15, -0.1) is 0 Å². The predicted octanol–water partition coefficient (Wildman–Crippen LogP) is 3.10. The van der Waals surface area contributed by atoms with E-state index in [2.05, 4.69) is 26.6 Å². The maximum atomic E-state index is 13.4. The van der Waals surface area contributed by atoms with E-state index in [-0.39, 0.29) is 12.8 Å². The average molecular weight is 486 g/mol. The van der Waals surface area contributed by atoms with Gasteiger partial charge in [-0.25, -0.2) is 9.18 Å². The smallest absolute Gasteiger partial charge is 0.326 e. The summed E-state index contributed by atoms with van der Waals surface area (Å²) >= 11 is 9.29. The molecule has 0 aliphatic heterocycles. The molecule has 6 nitrogen and oxygen atoms in total. The first-order valence-corrected chi connectivity index (χ1v) is 9.81. The summed E-state index contributed by atoms with van der Waals surface area (Å²) in [4.78, 5) is 35.9. The largest absolute Gasteiger partial charge is 0.480 e. The van der Waals surface area contributed by atoms with Crippen molar-refractivity contribution in [2.24, 2.45) is 0 Å². The number of amides is 2. The Morgan fingerprint density at radius 2 is 1.83 bits per heavy atom. The van der Waals surface area contributed by atoms with Crippen LogP contribution in [-0.4, -0.2) is 35.0 Å². The number of carboxylic acids is 1. The van der Waals surface area contributed by atoms with E-state index in [1.807, 2.05) is 0 Å². The van der Waals surface area contributed by atoms with Crippen LogP contribution in [0.25, 0.3) is 0 Å². The van der Waals surface area contributed by atoms with Gasteiger partial charge in [0.1, 0.15) is 17.9 Å². The summed E-state index contributed by atoms with van der Waals surface area (Å²) in [5.74, 6) is -2.86. The second-order valence-electron chi connectivity index (χ2n) is 6.43. The summed E-state index contributed by atoms with van der Waals surface area (Å²) in [7, 11) is 0. The molecule has 2 aromatic rings. The highest BCUT2D eigenvalue weighted by Gasteiger charge is 2.27. The van der Waals surface area contributed by atoms with E-state index in [0.717, 1.165) is 0 Å². The molecule has 0 aliphatic carbocycles. The zero-order chi connectivity index (χ0) is 21.6. The van der Waals surface area contributed by atoms with Crippen molar-refractivity contribution in [1.82, 2.24) is 10.6 Å². The summed E-state index contributed by atoms with van der Waals surface area (Å²) in [6.45, 7) is 1.24. The molecule has 2 aromatic carbocycles. The average Bonchev–Trinajstić information content (AvgIpc) is 2.63. The van der Waals surface area contributed by atoms with Crippen molar-refractivity contribution in [3.8, 4) is 0 Å². The highest BCUT2D eigenvalue weighted by atomic mass is 79.9. The van der Waals surface area contributed by atoms with Gasteiger partial charge in [-0.05, 0) is 41.5 Å². The molecular formula is C20H19BrClFN2O4. The van der Waals surface area contributed by atoms with Crippen molar-refractivity contribution in [1.29, 1.82) is 0 Å². The minimum Gasteiger partial charge on any atom is -0.480 e. The van der Waals surface area contributed by atoms with Gasteiger partial charge in [0.2, 0.25) is 11.8 Å². The maximum Gasteiger partial charge on any atom is 0.326 e. The van der Waals surface area contributed by atoms with E-state index in [1.165, 1.54) is 25.1 Å². The lowest BCUT2D eigenvalue weighted by molar-refractivity contribution is -0.142. The molecule has 0 bridgehead atoms. The number of rotatable bonds is 8. The lowest BCUT2D eigenvalue weighted by Gasteiger charge is -2.21. The van der Waals surface area contributed by atoms with Crippen LogP contribution in [0.5, 0.6) is 0 Å². The number of carbonyl (C=O) groups excluding carboxylic acids is 2. The summed E-state index contributed by atoms with van der Waals surface area (Å²) in [5.41, 5.74) is 1.09. The molecular weight excluding hydrogens is 467 g/mol. The number of benzene rings is 2. The van der Waals surface area contributed by atoms with E-state index in [0.29, 0.717) is 20.6 Å². The van der Waals surface area contributed by atoms with Crippen LogP contribution in [0.3, 0.4) is 0 Å². The molecule has 29 heavy (non-hydrogen) atoms. The Hall–Kier alpha value is -2.45. The van der Waals surface area contributed by atoms with Crippen molar-refractivity contribution in [2.75, 3.05) is 0 Å². The molecule has 3 N–H and O–H groups in total. The molecule has 2 amide bonds. The van der Waals surface area contributed by atoms with Crippen LogP contribution in [0.2, 0.25) is 5.02 Å². The van der Waals surface area contributed by atoms with Crippen LogP contribution in [0, 0.1) is 5.82 Å². The van der Waals surface area contributed by atoms with Gasteiger partial charge in [-0.2, -0.15) is 0 Å². The molecule has 0 aromatic heterocycles. The Kier molecular flexibility index (Phi) is 8.16.